The van der Waals surface area contributed by atoms with Crippen LogP contribution < -0.4 is 15.2 Å². The first-order valence-electron chi connectivity index (χ1n) is 12.6. The molecule has 11 heteroatoms. The number of sulfonamides is 1. The molecule has 2 aliphatic rings. The van der Waals surface area contributed by atoms with Gasteiger partial charge in [0.2, 0.25) is 15.8 Å². The fourth-order valence-corrected chi connectivity index (χ4v) is 6.12. The summed E-state index contributed by atoms with van der Waals surface area (Å²) < 4.78 is 45.2. The minimum atomic E-state index is -3.44. The van der Waals surface area contributed by atoms with Crippen LogP contribution in [0.4, 0.5) is 5.69 Å². The van der Waals surface area contributed by atoms with Crippen molar-refractivity contribution in [2.75, 3.05) is 44.3 Å². The molecule has 0 unspecified atom stereocenters. The third kappa shape index (κ3) is 5.96. The molecule has 198 valence electrons. The molecular weight excluding hydrogens is 494 g/mol. The number of nitrogens with zero attached hydrogens (tertiary/aromatic N) is 3. The zero-order chi connectivity index (χ0) is 26.0. The van der Waals surface area contributed by atoms with E-state index < -0.39 is 10.0 Å². The highest BCUT2D eigenvalue weighted by Crippen LogP contribution is 2.38. The van der Waals surface area contributed by atoms with Gasteiger partial charge in [0.05, 0.1) is 30.8 Å². The number of morpholine rings is 1. The maximum atomic E-state index is 12.8. The lowest BCUT2D eigenvalue weighted by Gasteiger charge is -2.26. The highest BCUT2D eigenvalue weighted by Gasteiger charge is 2.30. The van der Waals surface area contributed by atoms with Gasteiger partial charge < -0.3 is 19.7 Å². The number of aromatic nitrogens is 2. The van der Waals surface area contributed by atoms with Crippen LogP contribution in [0.5, 0.6) is 5.75 Å². The van der Waals surface area contributed by atoms with Gasteiger partial charge in [0.1, 0.15) is 5.75 Å². The Morgan fingerprint density at radius 2 is 2.03 bits per heavy atom. The summed E-state index contributed by atoms with van der Waals surface area (Å²) in [7, 11) is -3.44. The summed E-state index contributed by atoms with van der Waals surface area (Å²) in [5.41, 5.74) is 10.2. The second-order valence-electron chi connectivity index (χ2n) is 9.70. The van der Waals surface area contributed by atoms with Crippen LogP contribution in [-0.4, -0.2) is 68.2 Å². The standard InChI is InChI=1S/C26H33N5O5S/c1-17(2)35-24-9-6-18(16-22(24)27)26-28-25(29-36-26)21-5-3-4-20-19(21)7-8-23(20)30-37(32,33)15-12-31-10-13-34-14-11-31/h3-6,9,16-17,23,30H,7-8,10-15,27H2,1-2H3/t23-/m1/s1. The molecule has 2 aromatic carbocycles. The first kappa shape index (κ1) is 25.7. The highest BCUT2D eigenvalue weighted by molar-refractivity contribution is 7.89. The highest BCUT2D eigenvalue weighted by atomic mass is 32.2. The Bertz CT molecular complexity index is 1350. The number of nitrogens with one attached hydrogen (secondary N) is 1. The SMILES string of the molecule is CC(C)Oc1ccc(-c2nc(-c3cccc4c3CC[C@H]4NS(=O)(=O)CCN3CCOCC3)no2)cc1N. The molecule has 37 heavy (non-hydrogen) atoms. The summed E-state index contributed by atoms with van der Waals surface area (Å²) in [5, 5.41) is 4.21. The molecule has 10 nitrogen and oxygen atoms in total. The number of ether oxygens (including phenoxy) is 2. The van der Waals surface area contributed by atoms with Crippen molar-refractivity contribution < 1.29 is 22.4 Å². The Labute approximate surface area is 217 Å². The number of rotatable bonds is 9. The minimum absolute atomic E-state index is 0.0152. The smallest absolute Gasteiger partial charge is 0.258 e. The Balaban J connectivity index is 1.30. The molecule has 1 aliphatic heterocycles. The van der Waals surface area contributed by atoms with E-state index in [0.29, 0.717) is 54.9 Å². The summed E-state index contributed by atoms with van der Waals surface area (Å²) in [6.45, 7) is 7.21. The van der Waals surface area contributed by atoms with Gasteiger partial charge in [-0.3, -0.25) is 4.90 Å². The number of benzene rings is 2. The topological polar surface area (TPSA) is 133 Å². The number of hydrogen-bond acceptors (Lipinski definition) is 9. The van der Waals surface area contributed by atoms with Gasteiger partial charge in [-0.15, -0.1) is 0 Å². The van der Waals surface area contributed by atoms with Gasteiger partial charge in [-0.2, -0.15) is 4.98 Å². The predicted molar refractivity (Wildman–Crippen MR) is 141 cm³/mol. The Kier molecular flexibility index (Phi) is 7.47. The molecule has 3 N–H and O–H groups in total. The Morgan fingerprint density at radius 1 is 1.22 bits per heavy atom. The van der Waals surface area contributed by atoms with E-state index in [0.717, 1.165) is 36.2 Å². The van der Waals surface area contributed by atoms with Crippen molar-refractivity contribution in [2.45, 2.75) is 38.8 Å². The monoisotopic (exact) mass is 527 g/mol. The molecule has 0 saturated carbocycles. The van der Waals surface area contributed by atoms with Crippen LogP contribution in [0.15, 0.2) is 40.9 Å². The summed E-state index contributed by atoms with van der Waals surface area (Å²) in [6, 6.07) is 10.9. The molecule has 3 aromatic rings. The molecule has 1 aromatic heterocycles. The van der Waals surface area contributed by atoms with Gasteiger partial charge in [0.15, 0.2) is 0 Å². The third-order valence-corrected chi connectivity index (χ3v) is 8.02. The van der Waals surface area contributed by atoms with E-state index in [2.05, 4.69) is 19.8 Å². The van der Waals surface area contributed by atoms with Crippen molar-refractivity contribution in [3.05, 3.63) is 47.5 Å². The summed E-state index contributed by atoms with van der Waals surface area (Å²) in [4.78, 5) is 6.73. The van der Waals surface area contributed by atoms with E-state index in [1.807, 2.05) is 38.1 Å². The zero-order valence-corrected chi connectivity index (χ0v) is 22.0. The average Bonchev–Trinajstić information content (AvgIpc) is 3.52. The van der Waals surface area contributed by atoms with Gasteiger partial charge in [0, 0.05) is 36.8 Å². The summed E-state index contributed by atoms with van der Waals surface area (Å²) >= 11 is 0. The third-order valence-electron chi connectivity index (χ3n) is 6.66. The number of anilines is 1. The molecule has 5 rings (SSSR count). The lowest BCUT2D eigenvalue weighted by Crippen LogP contribution is -2.41. The average molecular weight is 528 g/mol. The van der Waals surface area contributed by atoms with Gasteiger partial charge in [-0.25, -0.2) is 13.1 Å². The second-order valence-corrected chi connectivity index (χ2v) is 11.6. The van der Waals surface area contributed by atoms with Gasteiger partial charge in [-0.05, 0) is 56.0 Å². The lowest BCUT2D eigenvalue weighted by atomic mass is 10.0. The van der Waals surface area contributed by atoms with Crippen molar-refractivity contribution in [3.8, 4) is 28.6 Å². The van der Waals surface area contributed by atoms with Crippen LogP contribution in [0.1, 0.15) is 37.4 Å². The van der Waals surface area contributed by atoms with Crippen LogP contribution in [-0.2, 0) is 21.2 Å². The summed E-state index contributed by atoms with van der Waals surface area (Å²) in [6.07, 6.45) is 1.42. The van der Waals surface area contributed by atoms with E-state index in [-0.39, 0.29) is 17.9 Å². The van der Waals surface area contributed by atoms with E-state index in [1.54, 1.807) is 12.1 Å². The normalized spacial score (nSPS) is 18.3. The van der Waals surface area contributed by atoms with E-state index in [9.17, 15) is 8.42 Å². The maximum Gasteiger partial charge on any atom is 0.258 e. The maximum absolute atomic E-state index is 12.8. The molecule has 1 aliphatic carbocycles. The fraction of sp³-hybridized carbons (Fsp3) is 0.462. The van der Waals surface area contributed by atoms with Gasteiger partial charge in [0.25, 0.3) is 5.89 Å². The van der Waals surface area contributed by atoms with Crippen LogP contribution in [0.3, 0.4) is 0 Å². The first-order chi connectivity index (χ1) is 17.8. The van der Waals surface area contributed by atoms with E-state index >= 15 is 0 Å². The quantitative estimate of drug-likeness (QED) is 0.403. The molecule has 0 spiro atoms. The number of fused-ring (bicyclic) bond motifs is 1. The van der Waals surface area contributed by atoms with Crippen LogP contribution in [0.2, 0.25) is 0 Å². The number of nitrogens with two attached hydrogens (primary N) is 1. The molecule has 2 heterocycles. The minimum Gasteiger partial charge on any atom is -0.489 e. The molecule has 1 atom stereocenters. The fourth-order valence-electron chi connectivity index (χ4n) is 4.83. The van der Waals surface area contributed by atoms with Crippen LogP contribution >= 0.6 is 0 Å². The molecule has 0 radical (unpaired) electrons. The predicted octanol–water partition coefficient (Wildman–Crippen LogP) is 3.01. The Hall–Kier alpha value is -2.99. The second kappa shape index (κ2) is 10.8. The largest absolute Gasteiger partial charge is 0.489 e. The molecule has 1 saturated heterocycles. The lowest BCUT2D eigenvalue weighted by molar-refractivity contribution is 0.0408. The van der Waals surface area contributed by atoms with Crippen LogP contribution in [0, 0.1) is 0 Å². The Morgan fingerprint density at radius 3 is 2.78 bits per heavy atom. The van der Waals surface area contributed by atoms with Crippen molar-refractivity contribution in [1.29, 1.82) is 0 Å². The van der Waals surface area contributed by atoms with Crippen molar-refractivity contribution in [2.24, 2.45) is 0 Å². The molecule has 0 bridgehead atoms. The van der Waals surface area contributed by atoms with Crippen molar-refractivity contribution >= 4 is 15.7 Å². The molecule has 1 fully saturated rings. The first-order valence-corrected chi connectivity index (χ1v) is 14.3. The van der Waals surface area contributed by atoms with Crippen molar-refractivity contribution in [3.63, 3.8) is 0 Å². The zero-order valence-electron chi connectivity index (χ0n) is 21.1. The van der Waals surface area contributed by atoms with Gasteiger partial charge in [-0.1, -0.05) is 23.4 Å². The number of hydrogen-bond donors (Lipinski definition) is 2. The molecule has 0 amide bonds. The van der Waals surface area contributed by atoms with E-state index in [4.69, 9.17) is 19.7 Å². The van der Waals surface area contributed by atoms with Gasteiger partial charge >= 0.3 is 0 Å². The number of nitrogen functional groups attached to an aromatic ring is 1. The van der Waals surface area contributed by atoms with Crippen LogP contribution in [0.25, 0.3) is 22.8 Å². The van der Waals surface area contributed by atoms with Crippen molar-refractivity contribution in [1.82, 2.24) is 19.8 Å². The molecular formula is C26H33N5O5S. The summed E-state index contributed by atoms with van der Waals surface area (Å²) in [5.74, 6) is 1.49. The van der Waals surface area contributed by atoms with E-state index in [1.165, 1.54) is 0 Å².